The van der Waals surface area contributed by atoms with E-state index in [1.807, 2.05) is 0 Å². The predicted octanol–water partition coefficient (Wildman–Crippen LogP) is 2.15. The first kappa shape index (κ1) is 19.9. The van der Waals surface area contributed by atoms with Crippen molar-refractivity contribution in [2.24, 2.45) is 5.41 Å². The molecule has 1 amide bonds. The molecule has 1 aliphatic rings. The van der Waals surface area contributed by atoms with E-state index in [4.69, 9.17) is 0 Å². The smallest absolute Gasteiger partial charge is 0.311 e. The van der Waals surface area contributed by atoms with Crippen molar-refractivity contribution in [1.82, 2.24) is 9.62 Å². The number of sulfonamides is 1. The zero-order chi connectivity index (χ0) is 18.7. The van der Waals surface area contributed by atoms with Gasteiger partial charge in [0.25, 0.3) is 5.91 Å². The molecule has 0 aromatic carbocycles. The van der Waals surface area contributed by atoms with E-state index in [0.717, 1.165) is 24.2 Å². The van der Waals surface area contributed by atoms with Gasteiger partial charge in [0.05, 0.1) is 5.41 Å². The summed E-state index contributed by atoms with van der Waals surface area (Å²) >= 11 is 1.05. The summed E-state index contributed by atoms with van der Waals surface area (Å²) in [6, 6.07) is 1.44. The number of carbonyl (C=O) groups is 2. The Labute approximate surface area is 152 Å². The maximum absolute atomic E-state index is 12.7. The third-order valence-electron chi connectivity index (χ3n) is 4.91. The van der Waals surface area contributed by atoms with E-state index >= 15 is 0 Å². The Balaban J connectivity index is 2.19. The number of hydrogen-bond donors (Lipinski definition) is 2. The summed E-state index contributed by atoms with van der Waals surface area (Å²) in [4.78, 5) is 24.2. The van der Waals surface area contributed by atoms with Crippen LogP contribution in [0.25, 0.3) is 0 Å². The average molecular weight is 389 g/mol. The van der Waals surface area contributed by atoms with Crippen LogP contribution in [0.5, 0.6) is 0 Å². The van der Waals surface area contributed by atoms with Gasteiger partial charge in [0, 0.05) is 19.6 Å². The van der Waals surface area contributed by atoms with Gasteiger partial charge < -0.3 is 10.4 Å². The second kappa shape index (κ2) is 7.84. The molecule has 0 aliphatic carbocycles. The quantitative estimate of drug-likeness (QED) is 0.710. The van der Waals surface area contributed by atoms with Crippen LogP contribution in [0.3, 0.4) is 0 Å². The second-order valence-corrected chi connectivity index (χ2v) is 9.02. The number of carboxylic acid groups (broad SMARTS) is 1. The standard InChI is InChI=1S/C16H24N2O5S2/c1-3-16(4-2,15(20)21)11-17-14(19)13-12(7-10-24-13)25(22,23)18-8-5-6-9-18/h7,10H,3-6,8-9,11H2,1-2H3,(H,17,19)(H,20,21). The first-order chi connectivity index (χ1) is 11.8. The Hall–Kier alpha value is -1.45. The molecular weight excluding hydrogens is 364 g/mol. The highest BCUT2D eigenvalue weighted by atomic mass is 32.2. The number of carboxylic acids is 1. The summed E-state index contributed by atoms with van der Waals surface area (Å²) < 4.78 is 26.8. The van der Waals surface area contributed by atoms with E-state index in [9.17, 15) is 23.1 Å². The fourth-order valence-corrected chi connectivity index (χ4v) is 5.78. The van der Waals surface area contributed by atoms with Crippen molar-refractivity contribution in [1.29, 1.82) is 0 Å². The molecule has 0 bridgehead atoms. The Morgan fingerprint density at radius 2 is 1.88 bits per heavy atom. The van der Waals surface area contributed by atoms with Gasteiger partial charge in [-0.25, -0.2) is 8.42 Å². The van der Waals surface area contributed by atoms with Crippen molar-refractivity contribution < 1.29 is 23.1 Å². The summed E-state index contributed by atoms with van der Waals surface area (Å²) in [5.74, 6) is -1.51. The van der Waals surface area contributed by atoms with Crippen LogP contribution >= 0.6 is 11.3 Å². The molecule has 25 heavy (non-hydrogen) atoms. The summed E-state index contributed by atoms with van der Waals surface area (Å²) in [5, 5.41) is 13.6. The normalized spacial score (nSPS) is 16.1. The first-order valence-electron chi connectivity index (χ1n) is 8.37. The second-order valence-electron chi connectivity index (χ2n) is 6.20. The molecule has 140 valence electrons. The SMILES string of the molecule is CCC(CC)(CNC(=O)c1sccc1S(=O)(=O)N1CCCC1)C(=O)O. The number of thiophene rings is 1. The largest absolute Gasteiger partial charge is 0.481 e. The molecule has 0 spiro atoms. The van der Waals surface area contributed by atoms with Crippen LogP contribution in [-0.4, -0.2) is 49.3 Å². The maximum atomic E-state index is 12.7. The molecule has 1 aliphatic heterocycles. The van der Waals surface area contributed by atoms with Gasteiger partial charge in [0.1, 0.15) is 9.77 Å². The van der Waals surface area contributed by atoms with Crippen molar-refractivity contribution in [3.8, 4) is 0 Å². The van der Waals surface area contributed by atoms with E-state index in [0.29, 0.717) is 25.9 Å². The third-order valence-corrected chi connectivity index (χ3v) is 7.90. The maximum Gasteiger partial charge on any atom is 0.311 e. The first-order valence-corrected chi connectivity index (χ1v) is 10.7. The van der Waals surface area contributed by atoms with Gasteiger partial charge in [-0.3, -0.25) is 9.59 Å². The van der Waals surface area contributed by atoms with Gasteiger partial charge in [0.15, 0.2) is 0 Å². The molecule has 1 fully saturated rings. The van der Waals surface area contributed by atoms with Gasteiger partial charge in [-0.05, 0) is 37.1 Å². The lowest BCUT2D eigenvalue weighted by atomic mass is 9.82. The van der Waals surface area contributed by atoms with Gasteiger partial charge >= 0.3 is 5.97 Å². The Bertz CT molecular complexity index is 731. The molecule has 7 nitrogen and oxygen atoms in total. The Morgan fingerprint density at radius 3 is 2.40 bits per heavy atom. The molecule has 0 unspecified atom stereocenters. The number of rotatable bonds is 8. The molecule has 2 rings (SSSR count). The highest BCUT2D eigenvalue weighted by Crippen LogP contribution is 2.29. The Morgan fingerprint density at radius 1 is 1.28 bits per heavy atom. The molecule has 2 N–H and O–H groups in total. The summed E-state index contributed by atoms with van der Waals surface area (Å²) in [7, 11) is -3.69. The fourth-order valence-electron chi connectivity index (χ4n) is 2.94. The van der Waals surface area contributed by atoms with Crippen LogP contribution in [-0.2, 0) is 14.8 Å². The predicted molar refractivity (Wildman–Crippen MR) is 95.3 cm³/mol. The Kier molecular flexibility index (Phi) is 6.23. The number of amides is 1. The van der Waals surface area contributed by atoms with E-state index in [2.05, 4.69) is 5.32 Å². The summed E-state index contributed by atoms with van der Waals surface area (Å²) in [6.45, 7) is 4.42. The lowest BCUT2D eigenvalue weighted by molar-refractivity contribution is -0.149. The van der Waals surface area contributed by atoms with Crippen LogP contribution < -0.4 is 5.32 Å². The van der Waals surface area contributed by atoms with Gasteiger partial charge in [-0.1, -0.05) is 13.8 Å². The number of carbonyl (C=O) groups excluding carboxylic acids is 1. The molecular formula is C16H24N2O5S2. The van der Waals surface area contributed by atoms with E-state index in [1.54, 1.807) is 19.2 Å². The lowest BCUT2D eigenvalue weighted by Crippen LogP contribution is -2.42. The van der Waals surface area contributed by atoms with Crippen LogP contribution in [0, 0.1) is 5.41 Å². The zero-order valence-corrected chi connectivity index (χ0v) is 16.1. The van der Waals surface area contributed by atoms with Gasteiger partial charge in [-0.2, -0.15) is 4.31 Å². The minimum Gasteiger partial charge on any atom is -0.481 e. The average Bonchev–Trinajstić information content (AvgIpc) is 3.27. The number of aliphatic carboxylic acids is 1. The molecule has 0 atom stereocenters. The molecule has 1 aromatic heterocycles. The lowest BCUT2D eigenvalue weighted by Gasteiger charge is -2.26. The van der Waals surface area contributed by atoms with Gasteiger partial charge in [-0.15, -0.1) is 11.3 Å². The van der Waals surface area contributed by atoms with Crippen molar-refractivity contribution in [2.45, 2.75) is 44.4 Å². The van der Waals surface area contributed by atoms with Crippen molar-refractivity contribution in [3.63, 3.8) is 0 Å². The highest BCUT2D eigenvalue weighted by molar-refractivity contribution is 7.89. The number of nitrogens with one attached hydrogen (secondary N) is 1. The van der Waals surface area contributed by atoms with Crippen LogP contribution in [0.15, 0.2) is 16.3 Å². The summed E-state index contributed by atoms with van der Waals surface area (Å²) in [6.07, 6.45) is 2.39. The highest BCUT2D eigenvalue weighted by Gasteiger charge is 2.36. The van der Waals surface area contributed by atoms with Crippen molar-refractivity contribution >= 4 is 33.2 Å². The van der Waals surface area contributed by atoms with Crippen LogP contribution in [0.2, 0.25) is 0 Å². The van der Waals surface area contributed by atoms with Crippen molar-refractivity contribution in [3.05, 3.63) is 16.3 Å². The number of nitrogens with zero attached hydrogens (tertiary/aromatic N) is 1. The fraction of sp³-hybridized carbons (Fsp3) is 0.625. The molecule has 1 saturated heterocycles. The van der Waals surface area contributed by atoms with E-state index < -0.39 is 27.3 Å². The minimum atomic E-state index is -3.69. The van der Waals surface area contributed by atoms with E-state index in [1.165, 1.54) is 10.4 Å². The molecule has 9 heteroatoms. The number of hydrogen-bond acceptors (Lipinski definition) is 5. The molecule has 0 radical (unpaired) electrons. The van der Waals surface area contributed by atoms with Crippen LogP contribution in [0.4, 0.5) is 0 Å². The zero-order valence-electron chi connectivity index (χ0n) is 14.4. The third kappa shape index (κ3) is 3.88. The molecule has 1 aromatic rings. The monoisotopic (exact) mass is 388 g/mol. The summed E-state index contributed by atoms with van der Waals surface area (Å²) in [5.41, 5.74) is -1.04. The molecule has 0 saturated carbocycles. The topological polar surface area (TPSA) is 104 Å². The van der Waals surface area contributed by atoms with Gasteiger partial charge in [0.2, 0.25) is 10.0 Å². The van der Waals surface area contributed by atoms with Crippen molar-refractivity contribution in [2.75, 3.05) is 19.6 Å². The minimum absolute atomic E-state index is 0.00539. The van der Waals surface area contributed by atoms with E-state index in [-0.39, 0.29) is 16.3 Å². The molecule has 2 heterocycles. The van der Waals surface area contributed by atoms with Crippen LogP contribution in [0.1, 0.15) is 49.2 Å².